The molecule has 1 aliphatic rings. The van der Waals surface area contributed by atoms with Crippen LogP contribution < -0.4 is 16.3 Å². The number of nitrogens with one attached hydrogen (secondary N) is 2. The van der Waals surface area contributed by atoms with Crippen LogP contribution in [-0.2, 0) is 6.42 Å². The summed E-state index contributed by atoms with van der Waals surface area (Å²) in [6, 6.07) is 8.85. The Bertz CT molecular complexity index is 1110. The molecule has 3 heterocycles. The quantitative estimate of drug-likeness (QED) is 0.666. The van der Waals surface area contributed by atoms with Crippen LogP contribution in [0.4, 0.5) is 5.69 Å². The number of carbonyl (C=O) groups is 1. The SMILES string of the molecule is CCc1noc(-c2cccc(NC(=O)c3c(C)cc(C4CCCNC4)oc3=O)c2)n1. The van der Waals surface area contributed by atoms with E-state index < -0.39 is 11.5 Å². The molecule has 1 unspecified atom stereocenters. The summed E-state index contributed by atoms with van der Waals surface area (Å²) in [6.45, 7) is 5.45. The summed E-state index contributed by atoms with van der Waals surface area (Å²) in [6.07, 6.45) is 2.66. The van der Waals surface area contributed by atoms with Crippen LogP contribution in [0.25, 0.3) is 11.5 Å². The van der Waals surface area contributed by atoms with Gasteiger partial charge in [0.15, 0.2) is 5.82 Å². The smallest absolute Gasteiger partial charge is 0.349 e. The van der Waals surface area contributed by atoms with Crippen LogP contribution in [0.5, 0.6) is 0 Å². The highest BCUT2D eigenvalue weighted by molar-refractivity contribution is 6.05. The van der Waals surface area contributed by atoms with Crippen LogP contribution in [0.1, 0.15) is 53.2 Å². The number of hydrogen-bond acceptors (Lipinski definition) is 7. The minimum Gasteiger partial charge on any atom is -0.427 e. The van der Waals surface area contributed by atoms with Gasteiger partial charge in [-0.2, -0.15) is 4.98 Å². The number of nitrogens with zero attached hydrogens (tertiary/aromatic N) is 2. The van der Waals surface area contributed by atoms with E-state index in [9.17, 15) is 9.59 Å². The summed E-state index contributed by atoms with van der Waals surface area (Å²) in [5.41, 5.74) is 1.20. The van der Waals surface area contributed by atoms with E-state index in [0.29, 0.717) is 40.7 Å². The van der Waals surface area contributed by atoms with Crippen molar-refractivity contribution < 1.29 is 13.7 Å². The molecule has 0 aliphatic carbocycles. The third kappa shape index (κ3) is 4.18. The molecular formula is C22H24N4O4. The molecule has 0 saturated carbocycles. The van der Waals surface area contributed by atoms with Crippen molar-refractivity contribution >= 4 is 11.6 Å². The van der Waals surface area contributed by atoms with Crippen molar-refractivity contribution in [2.24, 2.45) is 0 Å². The summed E-state index contributed by atoms with van der Waals surface area (Å²) in [5, 5.41) is 9.96. The topological polar surface area (TPSA) is 110 Å². The summed E-state index contributed by atoms with van der Waals surface area (Å²) in [4.78, 5) is 29.7. The van der Waals surface area contributed by atoms with Gasteiger partial charge in [0.05, 0.1) is 0 Å². The molecule has 0 bridgehead atoms. The molecule has 1 saturated heterocycles. The van der Waals surface area contributed by atoms with Crippen molar-refractivity contribution in [3.63, 3.8) is 0 Å². The van der Waals surface area contributed by atoms with Gasteiger partial charge in [-0.15, -0.1) is 0 Å². The van der Waals surface area contributed by atoms with Gasteiger partial charge in [0.1, 0.15) is 11.3 Å². The standard InChI is InChI=1S/C22H24N4O4/c1-3-18-25-21(30-26-18)14-6-4-8-16(11-14)24-20(27)19-13(2)10-17(29-22(19)28)15-7-5-9-23-12-15/h4,6,8,10-11,15,23H,3,5,7,9,12H2,1-2H3,(H,24,27). The molecule has 156 valence electrons. The van der Waals surface area contributed by atoms with E-state index in [0.717, 1.165) is 25.9 Å². The Kier molecular flexibility index (Phi) is 5.76. The summed E-state index contributed by atoms with van der Waals surface area (Å²) >= 11 is 0. The molecule has 1 atom stereocenters. The van der Waals surface area contributed by atoms with Crippen LogP contribution in [0, 0.1) is 6.92 Å². The van der Waals surface area contributed by atoms with Crippen molar-refractivity contribution in [1.29, 1.82) is 0 Å². The lowest BCUT2D eigenvalue weighted by atomic mass is 9.95. The number of piperidine rings is 1. The molecular weight excluding hydrogens is 384 g/mol. The molecule has 0 spiro atoms. The first-order valence-electron chi connectivity index (χ1n) is 10.1. The van der Waals surface area contributed by atoms with Crippen molar-refractivity contribution in [2.45, 2.75) is 39.0 Å². The van der Waals surface area contributed by atoms with E-state index in [-0.39, 0.29) is 11.5 Å². The van der Waals surface area contributed by atoms with Crippen LogP contribution in [-0.4, -0.2) is 29.1 Å². The molecule has 1 aliphatic heterocycles. The molecule has 2 aromatic heterocycles. The Morgan fingerprint density at radius 3 is 2.90 bits per heavy atom. The molecule has 3 aromatic rings. The van der Waals surface area contributed by atoms with Gasteiger partial charge in [-0.05, 0) is 56.1 Å². The lowest BCUT2D eigenvalue weighted by Gasteiger charge is -2.22. The average molecular weight is 408 g/mol. The monoisotopic (exact) mass is 408 g/mol. The highest BCUT2D eigenvalue weighted by Gasteiger charge is 2.22. The molecule has 8 heteroatoms. The number of carbonyl (C=O) groups excluding carboxylic acids is 1. The third-order valence-electron chi connectivity index (χ3n) is 5.25. The normalized spacial score (nSPS) is 16.4. The minimum absolute atomic E-state index is 0.0129. The fraction of sp³-hybridized carbons (Fsp3) is 0.364. The minimum atomic E-state index is -0.617. The van der Waals surface area contributed by atoms with E-state index in [4.69, 9.17) is 8.94 Å². The van der Waals surface area contributed by atoms with Crippen molar-refractivity contribution in [3.8, 4) is 11.5 Å². The van der Waals surface area contributed by atoms with Gasteiger partial charge < -0.3 is 19.6 Å². The number of aryl methyl sites for hydroxylation is 2. The summed E-state index contributed by atoms with van der Waals surface area (Å²) < 4.78 is 10.8. The summed E-state index contributed by atoms with van der Waals surface area (Å²) in [7, 11) is 0. The maximum atomic E-state index is 12.8. The van der Waals surface area contributed by atoms with Gasteiger partial charge in [-0.1, -0.05) is 18.1 Å². The number of hydrogen-bond donors (Lipinski definition) is 2. The van der Waals surface area contributed by atoms with Crippen molar-refractivity contribution in [2.75, 3.05) is 18.4 Å². The van der Waals surface area contributed by atoms with Crippen molar-refractivity contribution in [1.82, 2.24) is 15.5 Å². The first-order chi connectivity index (χ1) is 14.5. The highest BCUT2D eigenvalue weighted by Crippen LogP contribution is 2.25. The second kappa shape index (κ2) is 8.62. The van der Waals surface area contributed by atoms with Crippen LogP contribution in [0.2, 0.25) is 0 Å². The molecule has 1 aromatic carbocycles. The Morgan fingerprint density at radius 2 is 2.20 bits per heavy atom. The largest absolute Gasteiger partial charge is 0.427 e. The first kappa shape index (κ1) is 20.0. The van der Waals surface area contributed by atoms with Gasteiger partial charge in [0.25, 0.3) is 11.8 Å². The van der Waals surface area contributed by atoms with E-state index in [1.54, 1.807) is 31.2 Å². The fourth-order valence-electron chi connectivity index (χ4n) is 3.64. The molecule has 4 rings (SSSR count). The average Bonchev–Trinajstić information content (AvgIpc) is 3.23. The van der Waals surface area contributed by atoms with Gasteiger partial charge in [0.2, 0.25) is 0 Å². The Labute approximate surface area is 173 Å². The molecule has 30 heavy (non-hydrogen) atoms. The Hall–Kier alpha value is -3.26. The predicted octanol–water partition coefficient (Wildman–Crippen LogP) is 3.28. The lowest BCUT2D eigenvalue weighted by Crippen LogP contribution is -2.30. The zero-order chi connectivity index (χ0) is 21.1. The Balaban J connectivity index is 1.55. The molecule has 1 amide bonds. The number of aromatic nitrogens is 2. The number of benzene rings is 1. The van der Waals surface area contributed by atoms with Gasteiger partial charge >= 0.3 is 5.63 Å². The Morgan fingerprint density at radius 1 is 1.33 bits per heavy atom. The van der Waals surface area contributed by atoms with Crippen LogP contribution in [0.3, 0.4) is 0 Å². The van der Waals surface area contributed by atoms with Crippen molar-refractivity contribution in [3.05, 3.63) is 63.5 Å². The van der Waals surface area contributed by atoms with Gasteiger partial charge in [-0.25, -0.2) is 4.79 Å². The van der Waals surface area contributed by atoms with Crippen LogP contribution >= 0.6 is 0 Å². The highest BCUT2D eigenvalue weighted by atomic mass is 16.5. The van der Waals surface area contributed by atoms with E-state index in [1.165, 1.54) is 0 Å². The molecule has 0 radical (unpaired) electrons. The maximum absolute atomic E-state index is 12.8. The van der Waals surface area contributed by atoms with E-state index >= 15 is 0 Å². The fourth-order valence-corrected chi connectivity index (χ4v) is 3.64. The zero-order valence-corrected chi connectivity index (χ0v) is 17.0. The third-order valence-corrected chi connectivity index (χ3v) is 5.25. The molecule has 2 N–H and O–H groups in total. The number of rotatable bonds is 5. The first-order valence-corrected chi connectivity index (χ1v) is 10.1. The maximum Gasteiger partial charge on any atom is 0.349 e. The van der Waals surface area contributed by atoms with Gasteiger partial charge in [0, 0.05) is 30.1 Å². The second-order valence-electron chi connectivity index (χ2n) is 7.44. The lowest BCUT2D eigenvalue weighted by molar-refractivity contribution is 0.102. The van der Waals surface area contributed by atoms with E-state index in [2.05, 4.69) is 20.8 Å². The van der Waals surface area contributed by atoms with E-state index in [1.807, 2.05) is 13.0 Å². The molecule has 1 fully saturated rings. The summed E-state index contributed by atoms with van der Waals surface area (Å²) in [5.74, 6) is 1.27. The predicted molar refractivity (Wildman–Crippen MR) is 112 cm³/mol. The second-order valence-corrected chi connectivity index (χ2v) is 7.44. The van der Waals surface area contributed by atoms with Crippen LogP contribution in [0.15, 0.2) is 44.1 Å². The zero-order valence-electron chi connectivity index (χ0n) is 17.0. The number of amides is 1. The molecule has 8 nitrogen and oxygen atoms in total. The number of anilines is 1. The van der Waals surface area contributed by atoms with Gasteiger partial charge in [-0.3, -0.25) is 4.79 Å².